The Kier molecular flexibility index (Phi) is 3.61. The number of nitrogens with zero attached hydrogens (tertiary/aromatic N) is 4. The van der Waals surface area contributed by atoms with Crippen molar-refractivity contribution in [1.29, 1.82) is 5.26 Å². The normalized spacial score (nSPS) is 14.3. The van der Waals surface area contributed by atoms with Gasteiger partial charge in [0, 0.05) is 12.2 Å². The smallest absolute Gasteiger partial charge is 0.216 e. The fraction of sp³-hybridized carbons (Fsp3) is 0.600. The molecule has 0 spiro atoms. The monoisotopic (exact) mass is 220 g/mol. The first-order valence-corrected chi connectivity index (χ1v) is 5.05. The van der Waals surface area contributed by atoms with Crippen LogP contribution in [-0.4, -0.2) is 26.7 Å². The average Bonchev–Trinajstić information content (AvgIpc) is 2.70. The van der Waals surface area contributed by atoms with Crippen molar-refractivity contribution in [2.75, 3.05) is 0 Å². The van der Waals surface area contributed by atoms with Gasteiger partial charge in [0.15, 0.2) is 0 Å². The molecule has 0 aliphatic heterocycles. The highest BCUT2D eigenvalue weighted by Gasteiger charge is 2.18. The highest BCUT2D eigenvalue weighted by Crippen LogP contribution is 2.18. The Morgan fingerprint density at radius 1 is 1.56 bits per heavy atom. The Bertz CT molecular complexity index is 392. The molecule has 1 rings (SSSR count). The van der Waals surface area contributed by atoms with Gasteiger partial charge in [0.2, 0.25) is 5.82 Å². The number of aromatic nitrogens is 4. The molecular weight excluding hydrogens is 204 g/mol. The molecule has 0 aliphatic carbocycles. The van der Waals surface area contributed by atoms with Crippen molar-refractivity contribution >= 4 is 5.57 Å². The maximum absolute atomic E-state index is 8.93. The SMILES string of the molecule is CC(N/C=C(\C#N)c1nn[nH]n1)C(C)(C)C. The van der Waals surface area contributed by atoms with Crippen LogP contribution in [0.5, 0.6) is 0 Å². The van der Waals surface area contributed by atoms with Gasteiger partial charge in [-0.15, -0.1) is 10.2 Å². The zero-order valence-corrected chi connectivity index (χ0v) is 9.94. The minimum Gasteiger partial charge on any atom is -0.387 e. The van der Waals surface area contributed by atoms with Gasteiger partial charge in [-0.2, -0.15) is 10.5 Å². The molecule has 1 atom stereocenters. The van der Waals surface area contributed by atoms with E-state index in [4.69, 9.17) is 5.26 Å². The molecule has 1 unspecified atom stereocenters. The summed E-state index contributed by atoms with van der Waals surface area (Å²) in [7, 11) is 0. The van der Waals surface area contributed by atoms with E-state index in [-0.39, 0.29) is 11.5 Å². The van der Waals surface area contributed by atoms with Crippen molar-refractivity contribution in [3.05, 3.63) is 12.0 Å². The van der Waals surface area contributed by atoms with E-state index < -0.39 is 0 Å². The van der Waals surface area contributed by atoms with Crippen molar-refractivity contribution in [3.8, 4) is 6.07 Å². The number of allylic oxidation sites excluding steroid dienone is 1. The standard InChI is InChI=1S/C10H16N6/c1-7(10(2,3)4)12-6-8(5-11)9-13-15-16-14-9/h6-7,12H,1-4H3,(H,13,14,15,16)/b8-6+. The Morgan fingerprint density at radius 3 is 2.69 bits per heavy atom. The summed E-state index contributed by atoms with van der Waals surface area (Å²) in [5.41, 5.74) is 0.485. The summed E-state index contributed by atoms with van der Waals surface area (Å²) in [4.78, 5) is 0. The molecular formula is C10H16N6. The van der Waals surface area contributed by atoms with Crippen LogP contribution in [0.25, 0.3) is 5.57 Å². The lowest BCUT2D eigenvalue weighted by molar-refractivity contribution is 0.309. The molecule has 1 heterocycles. The van der Waals surface area contributed by atoms with E-state index in [2.05, 4.69) is 53.6 Å². The minimum atomic E-state index is 0.119. The van der Waals surface area contributed by atoms with E-state index in [0.29, 0.717) is 11.4 Å². The minimum absolute atomic E-state index is 0.119. The summed E-state index contributed by atoms with van der Waals surface area (Å²) in [6.07, 6.45) is 1.63. The van der Waals surface area contributed by atoms with Crippen LogP contribution < -0.4 is 5.32 Å². The molecule has 1 aromatic heterocycles. The van der Waals surface area contributed by atoms with Gasteiger partial charge in [-0.3, -0.25) is 0 Å². The van der Waals surface area contributed by atoms with Crippen molar-refractivity contribution in [2.24, 2.45) is 5.41 Å². The molecule has 0 bridgehead atoms. The van der Waals surface area contributed by atoms with Crippen LogP contribution in [0.15, 0.2) is 6.20 Å². The van der Waals surface area contributed by atoms with Crippen LogP contribution >= 0.6 is 0 Å². The van der Waals surface area contributed by atoms with E-state index in [1.54, 1.807) is 6.20 Å². The van der Waals surface area contributed by atoms with E-state index in [1.165, 1.54) is 0 Å². The van der Waals surface area contributed by atoms with Gasteiger partial charge in [-0.25, -0.2) is 0 Å². The number of nitriles is 1. The third-order valence-electron chi connectivity index (χ3n) is 2.48. The first kappa shape index (κ1) is 12.2. The number of H-pyrrole nitrogens is 1. The Labute approximate surface area is 94.7 Å². The van der Waals surface area contributed by atoms with Crippen LogP contribution in [0.2, 0.25) is 0 Å². The number of nitrogens with one attached hydrogen (secondary N) is 2. The van der Waals surface area contributed by atoms with Gasteiger partial charge in [0.05, 0.1) is 0 Å². The summed E-state index contributed by atoms with van der Waals surface area (Å²) >= 11 is 0. The van der Waals surface area contributed by atoms with Gasteiger partial charge in [-0.05, 0) is 17.6 Å². The van der Waals surface area contributed by atoms with Crippen molar-refractivity contribution in [2.45, 2.75) is 33.7 Å². The number of hydrogen-bond donors (Lipinski definition) is 2. The fourth-order valence-electron chi connectivity index (χ4n) is 0.881. The van der Waals surface area contributed by atoms with Gasteiger partial charge in [-0.1, -0.05) is 20.8 Å². The number of hydrogen-bond acceptors (Lipinski definition) is 5. The summed E-state index contributed by atoms with van der Waals surface area (Å²) in [6, 6.07) is 2.26. The average molecular weight is 220 g/mol. The predicted molar refractivity (Wildman–Crippen MR) is 59.8 cm³/mol. The molecule has 0 saturated heterocycles. The molecule has 0 radical (unpaired) electrons. The van der Waals surface area contributed by atoms with E-state index in [1.807, 2.05) is 6.07 Å². The van der Waals surface area contributed by atoms with Gasteiger partial charge >= 0.3 is 0 Å². The maximum atomic E-state index is 8.93. The highest BCUT2D eigenvalue weighted by molar-refractivity contribution is 5.71. The molecule has 2 N–H and O–H groups in total. The summed E-state index contributed by atoms with van der Waals surface area (Å²) in [5, 5.41) is 25.3. The maximum Gasteiger partial charge on any atom is 0.216 e. The van der Waals surface area contributed by atoms with Gasteiger partial charge in [0.25, 0.3) is 0 Å². The number of tetrazole rings is 1. The molecule has 16 heavy (non-hydrogen) atoms. The van der Waals surface area contributed by atoms with Gasteiger partial charge in [0.1, 0.15) is 11.6 Å². The highest BCUT2D eigenvalue weighted by atomic mass is 15.5. The predicted octanol–water partition coefficient (Wildman–Crippen LogP) is 1.09. The molecule has 0 aromatic carbocycles. The van der Waals surface area contributed by atoms with E-state index >= 15 is 0 Å². The summed E-state index contributed by atoms with van der Waals surface area (Å²) in [5.74, 6) is 0.302. The molecule has 0 fully saturated rings. The second kappa shape index (κ2) is 4.75. The largest absolute Gasteiger partial charge is 0.387 e. The van der Waals surface area contributed by atoms with E-state index in [9.17, 15) is 0 Å². The Morgan fingerprint density at radius 2 is 2.25 bits per heavy atom. The topological polar surface area (TPSA) is 90.3 Å². The molecule has 0 aliphatic rings. The van der Waals surface area contributed by atoms with Crippen LogP contribution in [0, 0.1) is 16.7 Å². The Balaban J connectivity index is 2.73. The lowest BCUT2D eigenvalue weighted by Gasteiger charge is -2.27. The van der Waals surface area contributed by atoms with Crippen molar-refractivity contribution in [3.63, 3.8) is 0 Å². The van der Waals surface area contributed by atoms with Gasteiger partial charge < -0.3 is 5.32 Å². The quantitative estimate of drug-likeness (QED) is 0.744. The zero-order chi connectivity index (χ0) is 12.2. The second-order valence-corrected chi connectivity index (χ2v) is 4.66. The lowest BCUT2D eigenvalue weighted by atomic mass is 9.88. The first-order chi connectivity index (χ1) is 7.45. The first-order valence-electron chi connectivity index (χ1n) is 5.05. The van der Waals surface area contributed by atoms with Crippen LogP contribution in [-0.2, 0) is 0 Å². The third kappa shape index (κ3) is 3.05. The fourth-order valence-corrected chi connectivity index (χ4v) is 0.881. The molecule has 86 valence electrons. The summed E-state index contributed by atoms with van der Waals surface area (Å²) < 4.78 is 0. The van der Waals surface area contributed by atoms with Crippen LogP contribution in [0.4, 0.5) is 0 Å². The third-order valence-corrected chi connectivity index (χ3v) is 2.48. The lowest BCUT2D eigenvalue weighted by Crippen LogP contribution is -2.34. The molecule has 6 nitrogen and oxygen atoms in total. The van der Waals surface area contributed by atoms with E-state index in [0.717, 1.165) is 0 Å². The second-order valence-electron chi connectivity index (χ2n) is 4.66. The molecule has 0 amide bonds. The Hall–Kier alpha value is -1.90. The van der Waals surface area contributed by atoms with Crippen molar-refractivity contribution in [1.82, 2.24) is 25.9 Å². The number of rotatable bonds is 3. The van der Waals surface area contributed by atoms with Crippen LogP contribution in [0.1, 0.15) is 33.5 Å². The molecule has 0 saturated carbocycles. The summed E-state index contributed by atoms with van der Waals surface area (Å²) in [6.45, 7) is 8.43. The van der Waals surface area contributed by atoms with Crippen LogP contribution in [0.3, 0.4) is 0 Å². The molecule has 6 heteroatoms. The molecule has 1 aromatic rings. The number of aromatic amines is 1. The zero-order valence-electron chi connectivity index (χ0n) is 9.94. The van der Waals surface area contributed by atoms with Crippen molar-refractivity contribution < 1.29 is 0 Å².